The van der Waals surface area contributed by atoms with E-state index in [4.69, 9.17) is 0 Å². The molecule has 11 heavy (non-hydrogen) atoms. The summed E-state index contributed by atoms with van der Waals surface area (Å²) < 4.78 is 0. The van der Waals surface area contributed by atoms with Crippen LogP contribution in [0.3, 0.4) is 0 Å². The third kappa shape index (κ3) is 2.80. The molecule has 3 heteroatoms. The van der Waals surface area contributed by atoms with Crippen LogP contribution >= 0.6 is 12.4 Å². The molecule has 0 amide bonds. The van der Waals surface area contributed by atoms with Gasteiger partial charge in [-0.05, 0) is 25.9 Å². The molecule has 2 nitrogen and oxygen atoms in total. The minimum absolute atomic E-state index is 0. The van der Waals surface area contributed by atoms with Crippen molar-refractivity contribution in [3.05, 3.63) is 0 Å². The van der Waals surface area contributed by atoms with Crippen molar-refractivity contribution >= 4 is 18.7 Å². The Morgan fingerprint density at radius 2 is 2.27 bits per heavy atom. The highest BCUT2D eigenvalue weighted by Crippen LogP contribution is 2.14. The van der Waals surface area contributed by atoms with Crippen LogP contribution in [0.5, 0.6) is 0 Å². The van der Waals surface area contributed by atoms with E-state index < -0.39 is 0 Å². The predicted octanol–water partition coefficient (Wildman–Crippen LogP) is 1.48. The van der Waals surface area contributed by atoms with Crippen molar-refractivity contribution in [1.29, 1.82) is 0 Å². The minimum atomic E-state index is 0. The second-order valence-electron chi connectivity index (χ2n) is 2.83. The summed E-state index contributed by atoms with van der Waals surface area (Å²) in [7, 11) is 0. The maximum Gasteiger partial charge on any atom is 0.137 e. The van der Waals surface area contributed by atoms with Gasteiger partial charge in [0.25, 0.3) is 0 Å². The van der Waals surface area contributed by atoms with Crippen molar-refractivity contribution in [2.24, 2.45) is 0 Å². The van der Waals surface area contributed by atoms with Crippen molar-refractivity contribution in [1.82, 2.24) is 4.90 Å². The van der Waals surface area contributed by atoms with Gasteiger partial charge in [-0.25, -0.2) is 0 Å². The molecule has 0 spiro atoms. The van der Waals surface area contributed by atoms with Gasteiger partial charge in [-0.1, -0.05) is 13.3 Å². The van der Waals surface area contributed by atoms with Crippen molar-refractivity contribution < 1.29 is 4.79 Å². The first-order valence-corrected chi connectivity index (χ1v) is 4.08. The first kappa shape index (κ1) is 10.9. The highest BCUT2D eigenvalue weighted by atomic mass is 35.5. The molecule has 1 rings (SSSR count). The van der Waals surface area contributed by atoms with Gasteiger partial charge >= 0.3 is 0 Å². The summed E-state index contributed by atoms with van der Waals surface area (Å²) in [6.45, 7) is 4.24. The van der Waals surface area contributed by atoms with Crippen LogP contribution in [-0.4, -0.2) is 30.3 Å². The molecule has 1 aliphatic heterocycles. The number of aldehydes is 1. The van der Waals surface area contributed by atoms with E-state index >= 15 is 0 Å². The molecule has 0 unspecified atom stereocenters. The number of carbonyl (C=O) groups is 1. The highest BCUT2D eigenvalue weighted by Gasteiger charge is 2.19. The highest BCUT2D eigenvalue weighted by molar-refractivity contribution is 5.85. The largest absolute Gasteiger partial charge is 0.302 e. The van der Waals surface area contributed by atoms with E-state index in [0.29, 0.717) is 0 Å². The summed E-state index contributed by atoms with van der Waals surface area (Å²) in [5, 5.41) is 0. The van der Waals surface area contributed by atoms with Crippen LogP contribution in [0.1, 0.15) is 26.2 Å². The SMILES string of the molecule is CCN1CCCC[C@H]1C=O.Cl. The zero-order valence-corrected chi connectivity index (χ0v) is 7.77. The van der Waals surface area contributed by atoms with Crippen molar-refractivity contribution in [2.75, 3.05) is 13.1 Å². The first-order valence-electron chi connectivity index (χ1n) is 4.08. The fourth-order valence-electron chi connectivity index (χ4n) is 1.56. The number of rotatable bonds is 2. The Balaban J connectivity index is 0.000001000. The maximum atomic E-state index is 10.5. The molecule has 0 bridgehead atoms. The second-order valence-corrected chi connectivity index (χ2v) is 2.83. The predicted molar refractivity (Wildman–Crippen MR) is 48.2 cm³/mol. The van der Waals surface area contributed by atoms with E-state index in [2.05, 4.69) is 11.8 Å². The van der Waals surface area contributed by atoms with E-state index in [1.807, 2.05) is 0 Å². The van der Waals surface area contributed by atoms with Crippen LogP contribution in [-0.2, 0) is 4.79 Å². The van der Waals surface area contributed by atoms with Crippen LogP contribution in [0.25, 0.3) is 0 Å². The van der Waals surface area contributed by atoms with Crippen molar-refractivity contribution in [3.8, 4) is 0 Å². The number of carbonyl (C=O) groups excluding carboxylic acids is 1. The van der Waals surface area contributed by atoms with Gasteiger partial charge in [-0.15, -0.1) is 12.4 Å². The monoisotopic (exact) mass is 177 g/mol. The van der Waals surface area contributed by atoms with Gasteiger partial charge in [-0.2, -0.15) is 0 Å². The van der Waals surface area contributed by atoms with E-state index in [1.165, 1.54) is 12.8 Å². The molecule has 66 valence electrons. The third-order valence-electron chi connectivity index (χ3n) is 2.23. The lowest BCUT2D eigenvalue weighted by Gasteiger charge is -2.30. The van der Waals surface area contributed by atoms with Gasteiger partial charge in [0.2, 0.25) is 0 Å². The lowest BCUT2D eigenvalue weighted by Crippen LogP contribution is -2.40. The number of likely N-dealkylation sites (tertiary alicyclic amines) is 1. The van der Waals surface area contributed by atoms with Gasteiger partial charge in [0.15, 0.2) is 0 Å². The van der Waals surface area contributed by atoms with Gasteiger partial charge in [0.05, 0.1) is 6.04 Å². The van der Waals surface area contributed by atoms with Crippen LogP contribution in [0, 0.1) is 0 Å². The summed E-state index contributed by atoms with van der Waals surface area (Å²) >= 11 is 0. The molecular weight excluding hydrogens is 162 g/mol. The fraction of sp³-hybridized carbons (Fsp3) is 0.875. The molecule has 1 atom stereocenters. The standard InChI is InChI=1S/C8H15NO.ClH/c1-2-9-6-4-3-5-8(9)7-10;/h7-8H,2-6H2,1H3;1H/t8-;/m0./s1. The topological polar surface area (TPSA) is 20.3 Å². The maximum absolute atomic E-state index is 10.5. The molecule has 1 aliphatic rings. The number of hydrogen-bond acceptors (Lipinski definition) is 2. The normalized spacial score (nSPS) is 25.7. The lowest BCUT2D eigenvalue weighted by molar-refractivity contribution is -0.113. The average molecular weight is 178 g/mol. The van der Waals surface area contributed by atoms with Gasteiger partial charge < -0.3 is 4.79 Å². The number of hydrogen-bond donors (Lipinski definition) is 0. The zero-order chi connectivity index (χ0) is 7.40. The molecule has 1 fully saturated rings. The Kier molecular flexibility index (Phi) is 5.51. The van der Waals surface area contributed by atoms with E-state index in [1.54, 1.807) is 0 Å². The molecule has 0 aliphatic carbocycles. The average Bonchev–Trinajstić information content (AvgIpc) is 2.04. The van der Waals surface area contributed by atoms with Crippen LogP contribution in [0.4, 0.5) is 0 Å². The minimum Gasteiger partial charge on any atom is -0.302 e. The van der Waals surface area contributed by atoms with Crippen LogP contribution in [0.2, 0.25) is 0 Å². The lowest BCUT2D eigenvalue weighted by atomic mass is 10.0. The fourth-order valence-corrected chi connectivity index (χ4v) is 1.56. The quantitative estimate of drug-likeness (QED) is 0.596. The second kappa shape index (κ2) is 5.56. The Hall–Kier alpha value is -0.0800. The first-order chi connectivity index (χ1) is 4.88. The van der Waals surface area contributed by atoms with E-state index in [-0.39, 0.29) is 18.4 Å². The number of nitrogens with zero attached hydrogens (tertiary/aromatic N) is 1. The molecule has 0 aromatic carbocycles. The van der Waals surface area contributed by atoms with E-state index in [9.17, 15) is 4.79 Å². The summed E-state index contributed by atoms with van der Waals surface area (Å²) in [6.07, 6.45) is 4.64. The zero-order valence-electron chi connectivity index (χ0n) is 6.95. The Bertz CT molecular complexity index is 119. The number of halogens is 1. The van der Waals surface area contributed by atoms with Crippen molar-refractivity contribution in [3.63, 3.8) is 0 Å². The molecule has 1 heterocycles. The summed E-state index contributed by atoms with van der Waals surface area (Å²) in [5.74, 6) is 0. The van der Waals surface area contributed by atoms with E-state index in [0.717, 1.165) is 25.8 Å². The number of likely N-dealkylation sites (N-methyl/N-ethyl adjacent to an activating group) is 1. The van der Waals surface area contributed by atoms with Gasteiger partial charge in [0.1, 0.15) is 6.29 Å². The molecule has 0 aromatic heterocycles. The summed E-state index contributed by atoms with van der Waals surface area (Å²) in [6, 6.07) is 0.221. The number of piperidine rings is 1. The Morgan fingerprint density at radius 3 is 2.73 bits per heavy atom. The van der Waals surface area contributed by atoms with Gasteiger partial charge in [0, 0.05) is 0 Å². The van der Waals surface area contributed by atoms with Crippen LogP contribution in [0.15, 0.2) is 0 Å². The third-order valence-corrected chi connectivity index (χ3v) is 2.23. The van der Waals surface area contributed by atoms with Crippen molar-refractivity contribution in [2.45, 2.75) is 32.2 Å². The molecule has 0 aromatic rings. The smallest absolute Gasteiger partial charge is 0.137 e. The van der Waals surface area contributed by atoms with Gasteiger partial charge in [-0.3, -0.25) is 4.90 Å². The Labute approximate surface area is 74.4 Å². The molecule has 0 N–H and O–H groups in total. The summed E-state index contributed by atoms with van der Waals surface area (Å²) in [4.78, 5) is 12.7. The molecule has 0 radical (unpaired) electrons. The summed E-state index contributed by atoms with van der Waals surface area (Å²) in [5.41, 5.74) is 0. The molecule has 0 saturated carbocycles. The molecular formula is C8H16ClNO. The molecule has 1 saturated heterocycles. The van der Waals surface area contributed by atoms with Crippen LogP contribution < -0.4 is 0 Å². The Morgan fingerprint density at radius 1 is 1.55 bits per heavy atom.